The van der Waals surface area contributed by atoms with Gasteiger partial charge in [-0.05, 0) is 49.9 Å². The monoisotopic (exact) mass is 276 g/mol. The van der Waals surface area contributed by atoms with Crippen molar-refractivity contribution in [2.75, 3.05) is 18.0 Å². The van der Waals surface area contributed by atoms with Crippen LogP contribution in [-0.4, -0.2) is 35.8 Å². The Morgan fingerprint density at radius 2 is 2.05 bits per heavy atom. The molecule has 1 atom stereocenters. The fourth-order valence-corrected chi connectivity index (χ4v) is 3.10. The summed E-state index contributed by atoms with van der Waals surface area (Å²) in [4.78, 5) is 28.0. The number of piperidine rings is 1. The first-order valence-corrected chi connectivity index (χ1v) is 6.95. The second-order valence-electron chi connectivity index (χ2n) is 5.45. The zero-order chi connectivity index (χ0) is 14.3. The molecule has 1 aromatic rings. The van der Waals surface area contributed by atoms with Crippen molar-refractivity contribution in [2.24, 2.45) is 0 Å². The standard InChI is InChI=1S/C15H17FN2O2/c1-10-8-11(16)5-6-12(10)18-9-14(19)17-7-3-2-4-13(17)15(18)20/h5-6,8,13H,2-4,7,9H2,1H3. The number of aryl methyl sites for hydroxylation is 1. The summed E-state index contributed by atoms with van der Waals surface area (Å²) < 4.78 is 13.2. The molecule has 0 N–H and O–H groups in total. The number of fused-ring (bicyclic) bond motifs is 1. The number of halogens is 1. The summed E-state index contributed by atoms with van der Waals surface area (Å²) in [5.41, 5.74) is 1.31. The van der Waals surface area contributed by atoms with E-state index in [0.717, 1.165) is 19.3 Å². The summed E-state index contributed by atoms with van der Waals surface area (Å²) in [6.07, 6.45) is 2.66. The second kappa shape index (κ2) is 4.89. The minimum absolute atomic E-state index is 0.0157. The van der Waals surface area contributed by atoms with Crippen molar-refractivity contribution in [3.8, 4) is 0 Å². The van der Waals surface area contributed by atoms with E-state index < -0.39 is 0 Å². The van der Waals surface area contributed by atoms with Crippen LogP contribution in [0.4, 0.5) is 10.1 Å². The molecular formula is C15H17FN2O2. The Morgan fingerprint density at radius 3 is 2.80 bits per heavy atom. The zero-order valence-electron chi connectivity index (χ0n) is 11.4. The summed E-state index contributed by atoms with van der Waals surface area (Å²) in [7, 11) is 0. The second-order valence-corrected chi connectivity index (χ2v) is 5.45. The van der Waals surface area contributed by atoms with E-state index in [2.05, 4.69) is 0 Å². The van der Waals surface area contributed by atoms with Crippen LogP contribution in [0.25, 0.3) is 0 Å². The first-order valence-electron chi connectivity index (χ1n) is 6.95. The third kappa shape index (κ3) is 2.07. The third-order valence-electron chi connectivity index (χ3n) is 4.12. The molecule has 2 aliphatic rings. The fourth-order valence-electron chi connectivity index (χ4n) is 3.10. The van der Waals surface area contributed by atoms with Crippen LogP contribution >= 0.6 is 0 Å². The summed E-state index contributed by atoms with van der Waals surface area (Å²) >= 11 is 0. The van der Waals surface area contributed by atoms with Crippen molar-refractivity contribution in [3.63, 3.8) is 0 Å². The lowest BCUT2D eigenvalue weighted by Crippen LogP contribution is -2.61. The molecule has 0 radical (unpaired) electrons. The average molecular weight is 276 g/mol. The molecule has 106 valence electrons. The van der Waals surface area contributed by atoms with E-state index in [9.17, 15) is 14.0 Å². The molecule has 2 heterocycles. The van der Waals surface area contributed by atoms with Gasteiger partial charge < -0.3 is 9.80 Å². The van der Waals surface area contributed by atoms with Gasteiger partial charge in [0.05, 0.1) is 0 Å². The Bertz CT molecular complexity index is 573. The van der Waals surface area contributed by atoms with Crippen molar-refractivity contribution in [2.45, 2.75) is 32.2 Å². The first kappa shape index (κ1) is 13.1. The maximum absolute atomic E-state index is 13.2. The van der Waals surface area contributed by atoms with Gasteiger partial charge in [0.15, 0.2) is 0 Å². The van der Waals surface area contributed by atoms with E-state index >= 15 is 0 Å². The van der Waals surface area contributed by atoms with E-state index in [0.29, 0.717) is 17.8 Å². The predicted molar refractivity (Wildman–Crippen MR) is 72.8 cm³/mol. The van der Waals surface area contributed by atoms with E-state index in [4.69, 9.17) is 0 Å². The Kier molecular flexibility index (Phi) is 3.20. The molecule has 1 unspecified atom stereocenters. The number of anilines is 1. The summed E-state index contributed by atoms with van der Waals surface area (Å²) in [5, 5.41) is 0. The van der Waals surface area contributed by atoms with Gasteiger partial charge in [0.2, 0.25) is 11.8 Å². The van der Waals surface area contributed by atoms with Gasteiger partial charge in [-0.15, -0.1) is 0 Å². The van der Waals surface area contributed by atoms with Gasteiger partial charge in [0, 0.05) is 12.2 Å². The average Bonchev–Trinajstić information content (AvgIpc) is 2.43. The van der Waals surface area contributed by atoms with E-state index in [1.54, 1.807) is 17.9 Å². The Labute approximate surface area is 117 Å². The highest BCUT2D eigenvalue weighted by molar-refractivity contribution is 6.07. The summed E-state index contributed by atoms with van der Waals surface area (Å²) in [6, 6.07) is 3.96. The van der Waals surface area contributed by atoms with Crippen LogP contribution in [0.5, 0.6) is 0 Å². The van der Waals surface area contributed by atoms with Crippen LogP contribution in [0.1, 0.15) is 24.8 Å². The quantitative estimate of drug-likeness (QED) is 0.785. The molecule has 1 aromatic carbocycles. The maximum atomic E-state index is 13.2. The van der Waals surface area contributed by atoms with Gasteiger partial charge in [0.25, 0.3) is 0 Å². The first-order chi connectivity index (χ1) is 9.58. The number of benzene rings is 1. The van der Waals surface area contributed by atoms with Gasteiger partial charge in [-0.1, -0.05) is 0 Å². The van der Waals surface area contributed by atoms with Crippen molar-refractivity contribution >= 4 is 17.5 Å². The van der Waals surface area contributed by atoms with Crippen molar-refractivity contribution < 1.29 is 14.0 Å². The number of rotatable bonds is 1. The van der Waals surface area contributed by atoms with E-state index in [1.165, 1.54) is 17.0 Å². The molecule has 2 aliphatic heterocycles. The van der Waals surface area contributed by atoms with Crippen LogP contribution < -0.4 is 4.90 Å². The summed E-state index contributed by atoms with van der Waals surface area (Å²) in [5.74, 6) is -0.390. The number of nitrogens with zero attached hydrogens (tertiary/aromatic N) is 2. The molecule has 2 saturated heterocycles. The number of amides is 2. The molecular weight excluding hydrogens is 259 g/mol. The molecule has 2 fully saturated rings. The Morgan fingerprint density at radius 1 is 1.25 bits per heavy atom. The molecule has 0 saturated carbocycles. The lowest BCUT2D eigenvalue weighted by Gasteiger charge is -2.43. The topological polar surface area (TPSA) is 40.6 Å². The minimum atomic E-state index is -0.338. The zero-order valence-corrected chi connectivity index (χ0v) is 11.4. The van der Waals surface area contributed by atoms with E-state index in [-0.39, 0.29) is 30.2 Å². The van der Waals surface area contributed by atoms with E-state index in [1.807, 2.05) is 0 Å². The molecule has 2 amide bonds. The van der Waals surface area contributed by atoms with Crippen LogP contribution in [-0.2, 0) is 9.59 Å². The lowest BCUT2D eigenvalue weighted by atomic mass is 9.97. The molecule has 0 bridgehead atoms. The Hall–Kier alpha value is -1.91. The molecule has 0 spiro atoms. The van der Waals surface area contributed by atoms with Gasteiger partial charge in [-0.3, -0.25) is 9.59 Å². The van der Waals surface area contributed by atoms with Crippen LogP contribution in [0.15, 0.2) is 18.2 Å². The highest BCUT2D eigenvalue weighted by Gasteiger charge is 2.41. The van der Waals surface area contributed by atoms with Gasteiger partial charge >= 0.3 is 0 Å². The molecule has 0 aromatic heterocycles. The number of hydrogen-bond acceptors (Lipinski definition) is 2. The highest BCUT2D eigenvalue weighted by atomic mass is 19.1. The Balaban J connectivity index is 1.94. The highest BCUT2D eigenvalue weighted by Crippen LogP contribution is 2.28. The molecule has 20 heavy (non-hydrogen) atoms. The largest absolute Gasteiger partial charge is 0.329 e. The van der Waals surface area contributed by atoms with Gasteiger partial charge in [-0.2, -0.15) is 0 Å². The smallest absolute Gasteiger partial charge is 0.250 e. The number of hydrogen-bond donors (Lipinski definition) is 0. The number of carbonyl (C=O) groups is 2. The predicted octanol–water partition coefficient (Wildman–Crippen LogP) is 1.86. The van der Waals surface area contributed by atoms with Gasteiger partial charge in [-0.25, -0.2) is 4.39 Å². The molecule has 0 aliphatic carbocycles. The normalized spacial score (nSPS) is 23.0. The summed E-state index contributed by atoms with van der Waals surface area (Å²) in [6.45, 7) is 2.48. The minimum Gasteiger partial charge on any atom is -0.329 e. The van der Waals surface area contributed by atoms with Crippen LogP contribution in [0.3, 0.4) is 0 Å². The SMILES string of the molecule is Cc1cc(F)ccc1N1CC(=O)N2CCCCC2C1=O. The van der Waals surface area contributed by atoms with Crippen molar-refractivity contribution in [3.05, 3.63) is 29.6 Å². The van der Waals surface area contributed by atoms with Crippen LogP contribution in [0, 0.1) is 12.7 Å². The molecule has 3 rings (SSSR count). The van der Waals surface area contributed by atoms with Gasteiger partial charge in [0.1, 0.15) is 18.4 Å². The van der Waals surface area contributed by atoms with Crippen molar-refractivity contribution in [1.82, 2.24) is 4.90 Å². The van der Waals surface area contributed by atoms with Crippen LogP contribution in [0.2, 0.25) is 0 Å². The lowest BCUT2D eigenvalue weighted by molar-refractivity contribution is -0.144. The third-order valence-corrected chi connectivity index (χ3v) is 4.12. The number of carbonyl (C=O) groups excluding carboxylic acids is 2. The molecule has 5 heteroatoms. The van der Waals surface area contributed by atoms with Crippen molar-refractivity contribution in [1.29, 1.82) is 0 Å². The molecule has 4 nitrogen and oxygen atoms in total. The fraction of sp³-hybridized carbons (Fsp3) is 0.467. The number of piperazine rings is 1. The maximum Gasteiger partial charge on any atom is 0.250 e.